The average molecular weight is 346 g/mol. The van der Waals surface area contributed by atoms with Crippen molar-refractivity contribution in [2.24, 2.45) is 5.92 Å². The number of benzene rings is 1. The first-order chi connectivity index (χ1) is 12.1. The number of β-amino-alcohol motifs (C(OH)–C–C–N with tert-alkyl or cyclic N) is 1. The van der Waals surface area contributed by atoms with E-state index in [9.17, 15) is 9.90 Å². The number of amides is 1. The Balaban J connectivity index is 1.33. The number of aliphatic hydroxyl groups excluding tert-OH is 1. The Hall–Kier alpha value is -1.79. The van der Waals surface area contributed by atoms with Crippen LogP contribution in [0.1, 0.15) is 24.8 Å². The maximum atomic E-state index is 12.8. The Morgan fingerprint density at radius 3 is 2.64 bits per heavy atom. The summed E-state index contributed by atoms with van der Waals surface area (Å²) in [6.07, 6.45) is 0.608. The minimum absolute atomic E-state index is 0.103. The molecule has 1 aliphatic carbocycles. The maximum absolute atomic E-state index is 12.8. The van der Waals surface area contributed by atoms with E-state index in [0.717, 1.165) is 44.1 Å². The second-order valence-electron chi connectivity index (χ2n) is 7.33. The van der Waals surface area contributed by atoms with Gasteiger partial charge in [0.2, 0.25) is 5.91 Å². The highest BCUT2D eigenvalue weighted by Crippen LogP contribution is 2.50. The highest BCUT2D eigenvalue weighted by atomic mass is 16.6. The van der Waals surface area contributed by atoms with Crippen LogP contribution < -0.4 is 9.47 Å². The van der Waals surface area contributed by atoms with Crippen LogP contribution >= 0.6 is 0 Å². The fourth-order valence-electron chi connectivity index (χ4n) is 3.89. The van der Waals surface area contributed by atoms with Gasteiger partial charge in [-0.2, -0.15) is 0 Å². The molecule has 2 fully saturated rings. The van der Waals surface area contributed by atoms with Crippen molar-refractivity contribution in [3.05, 3.63) is 23.8 Å². The molecule has 1 amide bonds. The molecule has 0 unspecified atom stereocenters. The van der Waals surface area contributed by atoms with Crippen LogP contribution in [0, 0.1) is 5.92 Å². The molecule has 1 saturated carbocycles. The molecule has 6 heteroatoms. The van der Waals surface area contributed by atoms with Crippen LogP contribution in [-0.2, 0) is 4.79 Å². The standard InChI is InChI=1S/C19H26N2O4/c1-13(22)12-20-4-6-21(7-5-20)19(23)16-11-15(16)14-2-3-17-18(10-14)25-9-8-24-17/h2-3,10,13,15-16,22H,4-9,11-12H2,1H3/t13-,15-,16+/m1/s1. The molecule has 1 aromatic rings. The Bertz CT molecular complexity index is 640. The lowest BCUT2D eigenvalue weighted by atomic mass is 10.1. The number of fused-ring (bicyclic) bond motifs is 1. The summed E-state index contributed by atoms with van der Waals surface area (Å²) in [4.78, 5) is 17.0. The number of piperazine rings is 1. The minimum Gasteiger partial charge on any atom is -0.486 e. The van der Waals surface area contributed by atoms with Gasteiger partial charge in [-0.25, -0.2) is 0 Å². The third kappa shape index (κ3) is 3.60. The normalized spacial score (nSPS) is 27.0. The molecule has 136 valence electrons. The first-order valence-corrected chi connectivity index (χ1v) is 9.20. The number of carbonyl (C=O) groups excluding carboxylic acids is 1. The first kappa shape index (κ1) is 16.7. The van der Waals surface area contributed by atoms with Gasteiger partial charge >= 0.3 is 0 Å². The number of aliphatic hydroxyl groups is 1. The molecule has 25 heavy (non-hydrogen) atoms. The van der Waals surface area contributed by atoms with Crippen molar-refractivity contribution in [3.63, 3.8) is 0 Å². The van der Waals surface area contributed by atoms with Gasteiger partial charge in [-0.05, 0) is 37.0 Å². The summed E-state index contributed by atoms with van der Waals surface area (Å²) in [5, 5.41) is 9.48. The topological polar surface area (TPSA) is 62.2 Å². The molecule has 2 heterocycles. The van der Waals surface area contributed by atoms with Crippen LogP contribution in [0.3, 0.4) is 0 Å². The molecule has 0 bridgehead atoms. The number of carbonyl (C=O) groups is 1. The number of hydrogen-bond donors (Lipinski definition) is 1. The van der Waals surface area contributed by atoms with E-state index in [2.05, 4.69) is 11.0 Å². The smallest absolute Gasteiger partial charge is 0.226 e. The van der Waals surface area contributed by atoms with Gasteiger partial charge in [0.1, 0.15) is 13.2 Å². The van der Waals surface area contributed by atoms with Crippen LogP contribution in [0.4, 0.5) is 0 Å². The van der Waals surface area contributed by atoms with E-state index in [4.69, 9.17) is 9.47 Å². The van der Waals surface area contributed by atoms with Gasteiger partial charge in [0.25, 0.3) is 0 Å². The molecule has 0 radical (unpaired) electrons. The summed E-state index contributed by atoms with van der Waals surface area (Å²) in [6.45, 7) is 6.88. The highest BCUT2D eigenvalue weighted by molar-refractivity contribution is 5.83. The second kappa shape index (κ2) is 6.84. The lowest BCUT2D eigenvalue weighted by Crippen LogP contribution is -2.50. The molecular formula is C19H26N2O4. The third-order valence-electron chi connectivity index (χ3n) is 5.31. The van der Waals surface area contributed by atoms with Crippen molar-refractivity contribution in [2.45, 2.75) is 25.4 Å². The van der Waals surface area contributed by atoms with E-state index < -0.39 is 0 Å². The van der Waals surface area contributed by atoms with Gasteiger partial charge < -0.3 is 19.5 Å². The molecule has 1 N–H and O–H groups in total. The molecule has 0 spiro atoms. The zero-order valence-corrected chi connectivity index (χ0v) is 14.7. The van der Waals surface area contributed by atoms with Crippen molar-refractivity contribution < 1.29 is 19.4 Å². The highest BCUT2D eigenvalue weighted by Gasteiger charge is 2.46. The van der Waals surface area contributed by atoms with Crippen molar-refractivity contribution in [1.29, 1.82) is 0 Å². The monoisotopic (exact) mass is 346 g/mol. The summed E-state index contributed by atoms with van der Waals surface area (Å²) in [5.74, 6) is 2.28. The van der Waals surface area contributed by atoms with Gasteiger partial charge in [0.05, 0.1) is 6.10 Å². The summed E-state index contributed by atoms with van der Waals surface area (Å²) in [5.41, 5.74) is 1.18. The van der Waals surface area contributed by atoms with Crippen molar-refractivity contribution >= 4 is 5.91 Å². The van der Waals surface area contributed by atoms with E-state index >= 15 is 0 Å². The Labute approximate surface area is 148 Å². The summed E-state index contributed by atoms with van der Waals surface area (Å²) in [6, 6.07) is 6.05. The molecule has 3 atom stereocenters. The predicted octanol–water partition coefficient (Wildman–Crippen LogP) is 1.09. The first-order valence-electron chi connectivity index (χ1n) is 9.20. The Morgan fingerprint density at radius 1 is 1.20 bits per heavy atom. The average Bonchev–Trinajstić information content (AvgIpc) is 3.41. The largest absolute Gasteiger partial charge is 0.486 e. The van der Waals surface area contributed by atoms with Gasteiger partial charge in [-0.3, -0.25) is 9.69 Å². The number of rotatable bonds is 4. The maximum Gasteiger partial charge on any atom is 0.226 e. The fourth-order valence-corrected chi connectivity index (χ4v) is 3.89. The number of hydrogen-bond acceptors (Lipinski definition) is 5. The van der Waals surface area contributed by atoms with Crippen LogP contribution in [-0.4, -0.2) is 72.9 Å². The van der Waals surface area contributed by atoms with Gasteiger partial charge in [0.15, 0.2) is 11.5 Å². The van der Waals surface area contributed by atoms with Crippen LogP contribution in [0.15, 0.2) is 18.2 Å². The fraction of sp³-hybridized carbons (Fsp3) is 0.632. The Morgan fingerprint density at radius 2 is 1.92 bits per heavy atom. The quantitative estimate of drug-likeness (QED) is 0.884. The van der Waals surface area contributed by atoms with Crippen LogP contribution in [0.5, 0.6) is 11.5 Å². The van der Waals surface area contributed by atoms with Crippen LogP contribution in [0.2, 0.25) is 0 Å². The van der Waals surface area contributed by atoms with Gasteiger partial charge in [-0.15, -0.1) is 0 Å². The lowest BCUT2D eigenvalue weighted by Gasteiger charge is -2.35. The molecule has 2 aliphatic heterocycles. The van der Waals surface area contributed by atoms with E-state index in [-0.39, 0.29) is 17.9 Å². The Kier molecular flexibility index (Phi) is 4.56. The SMILES string of the molecule is C[C@@H](O)CN1CCN(C(=O)[C@H]2C[C@@H]2c2ccc3c(c2)OCCO3)CC1. The van der Waals surface area contributed by atoms with Gasteiger partial charge in [0, 0.05) is 38.6 Å². The predicted molar refractivity (Wildman–Crippen MR) is 93.0 cm³/mol. The molecule has 0 aromatic heterocycles. The number of nitrogens with zero attached hydrogens (tertiary/aromatic N) is 2. The molecule has 3 aliphatic rings. The van der Waals surface area contributed by atoms with E-state index in [1.165, 1.54) is 5.56 Å². The number of ether oxygens (including phenoxy) is 2. The molecule has 1 saturated heterocycles. The molecule has 4 rings (SSSR count). The molecule has 6 nitrogen and oxygen atoms in total. The summed E-state index contributed by atoms with van der Waals surface area (Å²) in [7, 11) is 0. The molecular weight excluding hydrogens is 320 g/mol. The lowest BCUT2D eigenvalue weighted by molar-refractivity contribution is -0.134. The van der Waals surface area contributed by atoms with E-state index in [1.807, 2.05) is 17.0 Å². The summed E-state index contributed by atoms with van der Waals surface area (Å²) < 4.78 is 11.2. The minimum atomic E-state index is -0.315. The van der Waals surface area contributed by atoms with Crippen LogP contribution in [0.25, 0.3) is 0 Å². The summed E-state index contributed by atoms with van der Waals surface area (Å²) >= 11 is 0. The zero-order valence-electron chi connectivity index (χ0n) is 14.7. The van der Waals surface area contributed by atoms with Crippen molar-refractivity contribution in [3.8, 4) is 11.5 Å². The van der Waals surface area contributed by atoms with Gasteiger partial charge in [-0.1, -0.05) is 6.07 Å². The zero-order chi connectivity index (χ0) is 17.4. The molecule has 1 aromatic carbocycles. The van der Waals surface area contributed by atoms with E-state index in [1.54, 1.807) is 6.92 Å². The van der Waals surface area contributed by atoms with Crippen molar-refractivity contribution in [1.82, 2.24) is 9.80 Å². The van der Waals surface area contributed by atoms with Crippen molar-refractivity contribution in [2.75, 3.05) is 45.9 Å². The second-order valence-corrected chi connectivity index (χ2v) is 7.33. The van der Waals surface area contributed by atoms with E-state index in [0.29, 0.717) is 25.7 Å². The third-order valence-corrected chi connectivity index (χ3v) is 5.31.